The molecule has 4 nitrogen and oxygen atoms in total. The zero-order chi connectivity index (χ0) is 17.9. The lowest BCUT2D eigenvalue weighted by Crippen LogP contribution is -2.27. The lowest BCUT2D eigenvalue weighted by Gasteiger charge is -2.15. The number of rotatable bonds is 6. The van der Waals surface area contributed by atoms with Crippen molar-refractivity contribution in [2.24, 2.45) is 0 Å². The predicted octanol–water partition coefficient (Wildman–Crippen LogP) is 4.52. The Morgan fingerprint density at radius 1 is 1.46 bits per heavy atom. The molecule has 0 saturated carbocycles. The van der Waals surface area contributed by atoms with E-state index in [4.69, 9.17) is 33.3 Å². The van der Waals surface area contributed by atoms with E-state index >= 15 is 0 Å². The zero-order valence-electron chi connectivity index (χ0n) is 13.7. The maximum Gasteiger partial charge on any atom is 0.266 e. The molecule has 128 valence electrons. The number of benzene rings is 1. The third-order valence-corrected chi connectivity index (χ3v) is 4.75. The summed E-state index contributed by atoms with van der Waals surface area (Å²) in [6, 6.07) is 3.52. The van der Waals surface area contributed by atoms with Crippen molar-refractivity contribution in [1.82, 2.24) is 4.90 Å². The number of halogens is 1. The third-order valence-electron chi connectivity index (χ3n) is 3.09. The normalized spacial score (nSPS) is 16.2. The van der Waals surface area contributed by atoms with Gasteiger partial charge in [-0.15, -0.1) is 6.58 Å². The molecule has 1 aliphatic rings. The van der Waals surface area contributed by atoms with Gasteiger partial charge in [-0.05, 0) is 37.6 Å². The fourth-order valence-corrected chi connectivity index (χ4v) is 3.65. The van der Waals surface area contributed by atoms with Crippen LogP contribution in [0.4, 0.5) is 0 Å². The van der Waals surface area contributed by atoms with Crippen LogP contribution in [0, 0.1) is 0 Å². The van der Waals surface area contributed by atoms with Crippen LogP contribution in [0.25, 0.3) is 6.08 Å². The molecule has 0 radical (unpaired) electrons. The van der Waals surface area contributed by atoms with Gasteiger partial charge in [0, 0.05) is 6.54 Å². The van der Waals surface area contributed by atoms with Crippen LogP contribution in [0.5, 0.6) is 11.5 Å². The summed E-state index contributed by atoms with van der Waals surface area (Å²) < 4.78 is 11.6. The Balaban J connectivity index is 2.36. The predicted molar refractivity (Wildman–Crippen MR) is 104 cm³/mol. The Morgan fingerprint density at radius 2 is 2.17 bits per heavy atom. The Kier molecular flexibility index (Phi) is 6.32. The number of thiocarbonyl (C=S) groups is 1. The van der Waals surface area contributed by atoms with Crippen LogP contribution in [-0.4, -0.2) is 34.9 Å². The van der Waals surface area contributed by atoms with Gasteiger partial charge in [-0.25, -0.2) is 0 Å². The molecule has 0 atom stereocenters. The van der Waals surface area contributed by atoms with Crippen molar-refractivity contribution in [2.45, 2.75) is 20.0 Å². The highest BCUT2D eigenvalue weighted by Crippen LogP contribution is 2.39. The molecular formula is C17H18ClNO3S2. The van der Waals surface area contributed by atoms with Crippen molar-refractivity contribution >= 4 is 51.9 Å². The number of hydrogen-bond acceptors (Lipinski definition) is 5. The minimum Gasteiger partial charge on any atom is -0.493 e. The van der Waals surface area contributed by atoms with Gasteiger partial charge in [0.1, 0.15) is 4.32 Å². The summed E-state index contributed by atoms with van der Waals surface area (Å²) >= 11 is 12.8. The highest BCUT2D eigenvalue weighted by molar-refractivity contribution is 8.26. The lowest BCUT2D eigenvalue weighted by atomic mass is 10.1. The molecule has 24 heavy (non-hydrogen) atoms. The Bertz CT molecular complexity index is 716. The number of methoxy groups -OCH3 is 1. The molecule has 0 aliphatic carbocycles. The molecule has 0 bridgehead atoms. The summed E-state index contributed by atoms with van der Waals surface area (Å²) in [6.07, 6.45) is 3.36. The quantitative estimate of drug-likeness (QED) is 0.410. The number of carbonyl (C=O) groups is 1. The summed E-state index contributed by atoms with van der Waals surface area (Å²) in [5, 5.41) is 0.427. The molecular weight excluding hydrogens is 366 g/mol. The van der Waals surface area contributed by atoms with Crippen molar-refractivity contribution < 1.29 is 14.3 Å². The van der Waals surface area contributed by atoms with Crippen LogP contribution in [0.1, 0.15) is 19.4 Å². The summed E-state index contributed by atoms with van der Waals surface area (Å²) in [4.78, 5) is 14.4. The van der Waals surface area contributed by atoms with E-state index in [9.17, 15) is 4.79 Å². The molecule has 1 amide bonds. The van der Waals surface area contributed by atoms with Gasteiger partial charge >= 0.3 is 0 Å². The van der Waals surface area contributed by atoms with Crippen LogP contribution in [0.3, 0.4) is 0 Å². The van der Waals surface area contributed by atoms with Gasteiger partial charge < -0.3 is 9.47 Å². The van der Waals surface area contributed by atoms with Gasteiger partial charge in [0.2, 0.25) is 0 Å². The number of nitrogens with zero attached hydrogens (tertiary/aromatic N) is 1. The van der Waals surface area contributed by atoms with Gasteiger partial charge in [-0.1, -0.05) is 41.7 Å². The first-order valence-corrected chi connectivity index (χ1v) is 8.88. The van der Waals surface area contributed by atoms with Crippen LogP contribution >= 0.6 is 35.6 Å². The van der Waals surface area contributed by atoms with Gasteiger partial charge in [0.15, 0.2) is 11.5 Å². The average molecular weight is 384 g/mol. The Labute approximate surface area is 156 Å². The molecule has 1 aromatic rings. The maximum atomic E-state index is 12.4. The van der Waals surface area contributed by atoms with Crippen LogP contribution < -0.4 is 9.47 Å². The van der Waals surface area contributed by atoms with E-state index in [1.807, 2.05) is 13.8 Å². The van der Waals surface area contributed by atoms with E-state index in [1.54, 1.807) is 31.4 Å². The zero-order valence-corrected chi connectivity index (χ0v) is 16.1. The number of amides is 1. The maximum absolute atomic E-state index is 12.4. The molecule has 0 unspecified atom stereocenters. The monoisotopic (exact) mass is 383 g/mol. The highest BCUT2D eigenvalue weighted by Gasteiger charge is 2.31. The molecule has 1 saturated heterocycles. The van der Waals surface area contributed by atoms with Gasteiger partial charge in [0.25, 0.3) is 5.91 Å². The second-order valence-electron chi connectivity index (χ2n) is 5.28. The third kappa shape index (κ3) is 4.12. The number of ether oxygens (including phenoxy) is 2. The van der Waals surface area contributed by atoms with E-state index in [0.29, 0.717) is 32.3 Å². The molecule has 7 heteroatoms. The fraction of sp³-hybridized carbons (Fsp3) is 0.294. The molecule has 1 aliphatic heterocycles. The highest BCUT2D eigenvalue weighted by atomic mass is 35.5. The summed E-state index contributed by atoms with van der Waals surface area (Å²) in [5.74, 6) is 0.872. The summed E-state index contributed by atoms with van der Waals surface area (Å²) in [5.41, 5.74) is 0.743. The molecule has 0 spiro atoms. The molecule has 2 rings (SSSR count). The van der Waals surface area contributed by atoms with E-state index < -0.39 is 0 Å². The minimum absolute atomic E-state index is 0.0302. The lowest BCUT2D eigenvalue weighted by molar-refractivity contribution is -0.121. The number of hydrogen-bond donors (Lipinski definition) is 0. The van der Waals surface area contributed by atoms with Crippen molar-refractivity contribution in [3.63, 3.8) is 0 Å². The molecule has 0 N–H and O–H groups in total. The topological polar surface area (TPSA) is 38.8 Å². The van der Waals surface area contributed by atoms with Crippen molar-refractivity contribution in [3.05, 3.63) is 40.3 Å². The second kappa shape index (κ2) is 8.05. The van der Waals surface area contributed by atoms with E-state index in [2.05, 4.69) is 6.58 Å². The van der Waals surface area contributed by atoms with Gasteiger partial charge in [-0.3, -0.25) is 9.69 Å². The molecule has 1 heterocycles. The van der Waals surface area contributed by atoms with E-state index in [-0.39, 0.29) is 12.0 Å². The largest absolute Gasteiger partial charge is 0.493 e. The molecule has 1 aromatic carbocycles. The van der Waals surface area contributed by atoms with Crippen molar-refractivity contribution in [2.75, 3.05) is 13.7 Å². The Morgan fingerprint density at radius 3 is 2.75 bits per heavy atom. The smallest absolute Gasteiger partial charge is 0.266 e. The molecule has 0 aromatic heterocycles. The van der Waals surface area contributed by atoms with E-state index in [0.717, 1.165) is 5.56 Å². The first-order chi connectivity index (χ1) is 11.4. The van der Waals surface area contributed by atoms with Crippen LogP contribution in [0.2, 0.25) is 5.02 Å². The first kappa shape index (κ1) is 18.8. The summed E-state index contributed by atoms with van der Waals surface area (Å²) in [6.45, 7) is 7.86. The minimum atomic E-state index is -0.137. The summed E-state index contributed by atoms with van der Waals surface area (Å²) in [7, 11) is 1.55. The second-order valence-corrected chi connectivity index (χ2v) is 7.36. The SMILES string of the molecule is C=CCN1C(=O)/C(=C/c2cc(Cl)c(OC(C)C)c(OC)c2)SC1=S. The molecule has 1 fully saturated rings. The Hall–Kier alpha value is -1.50. The van der Waals surface area contributed by atoms with Crippen LogP contribution in [-0.2, 0) is 4.79 Å². The van der Waals surface area contributed by atoms with Crippen LogP contribution in [0.15, 0.2) is 29.7 Å². The van der Waals surface area contributed by atoms with Crippen molar-refractivity contribution in [1.29, 1.82) is 0 Å². The first-order valence-electron chi connectivity index (χ1n) is 7.27. The van der Waals surface area contributed by atoms with Crippen molar-refractivity contribution in [3.8, 4) is 11.5 Å². The fourth-order valence-electron chi connectivity index (χ4n) is 2.11. The van der Waals surface area contributed by atoms with Gasteiger partial charge in [-0.2, -0.15) is 0 Å². The number of thioether (sulfide) groups is 1. The van der Waals surface area contributed by atoms with Gasteiger partial charge in [0.05, 0.1) is 23.1 Å². The number of carbonyl (C=O) groups excluding carboxylic acids is 1. The standard InChI is InChI=1S/C17H18ClNO3S2/c1-5-6-19-16(20)14(24-17(19)23)9-11-7-12(18)15(22-10(2)3)13(8-11)21-4/h5,7-10H,1,6H2,2-4H3/b14-9-. The average Bonchev–Trinajstić information content (AvgIpc) is 2.77. The van der Waals surface area contributed by atoms with E-state index in [1.165, 1.54) is 16.7 Å².